The first-order valence-corrected chi connectivity index (χ1v) is 4.93. The fraction of sp³-hybridized carbons (Fsp3) is 0.375. The third kappa shape index (κ3) is 3.24. The molecule has 0 saturated carbocycles. The van der Waals surface area contributed by atoms with E-state index in [2.05, 4.69) is 11.6 Å². The summed E-state index contributed by atoms with van der Waals surface area (Å²) in [6.45, 7) is 4.30. The van der Waals surface area contributed by atoms with E-state index in [9.17, 15) is 0 Å². The summed E-state index contributed by atoms with van der Waals surface area (Å²) in [4.78, 5) is 3.94. The van der Waals surface area contributed by atoms with Gasteiger partial charge in [0.1, 0.15) is 5.15 Å². The second-order valence-electron chi connectivity index (χ2n) is 2.22. The van der Waals surface area contributed by atoms with Crippen molar-refractivity contribution in [3.63, 3.8) is 0 Å². The molecule has 1 aromatic heterocycles. The van der Waals surface area contributed by atoms with Crippen molar-refractivity contribution in [1.82, 2.24) is 4.98 Å². The Labute approximate surface area is 80.8 Å². The van der Waals surface area contributed by atoms with Crippen molar-refractivity contribution < 1.29 is 4.74 Å². The number of allylic oxidation sites excluding steroid dienone is 1. The Balaban J connectivity index is 2.19. The lowest BCUT2D eigenvalue weighted by atomic mass is 10.3. The molecular formula is C8H10ClNOS. The SMILES string of the molecule is C=CCCCOc1nc(Cl)cs1. The van der Waals surface area contributed by atoms with Crippen LogP contribution < -0.4 is 4.74 Å². The van der Waals surface area contributed by atoms with Crippen molar-refractivity contribution in [3.8, 4) is 5.19 Å². The highest BCUT2D eigenvalue weighted by Gasteiger charge is 1.98. The second-order valence-corrected chi connectivity index (χ2v) is 3.42. The number of rotatable bonds is 5. The normalized spacial score (nSPS) is 9.75. The van der Waals surface area contributed by atoms with E-state index in [4.69, 9.17) is 16.3 Å². The summed E-state index contributed by atoms with van der Waals surface area (Å²) >= 11 is 7.02. The van der Waals surface area contributed by atoms with Gasteiger partial charge in [-0.1, -0.05) is 29.0 Å². The van der Waals surface area contributed by atoms with Gasteiger partial charge < -0.3 is 4.74 Å². The molecule has 2 nitrogen and oxygen atoms in total. The van der Waals surface area contributed by atoms with Gasteiger partial charge in [0, 0.05) is 5.38 Å². The molecule has 0 aliphatic heterocycles. The molecule has 0 aliphatic carbocycles. The Bertz CT molecular complexity index is 249. The molecule has 1 rings (SSSR count). The second kappa shape index (κ2) is 5.17. The van der Waals surface area contributed by atoms with E-state index < -0.39 is 0 Å². The molecular weight excluding hydrogens is 194 g/mol. The molecule has 0 saturated heterocycles. The van der Waals surface area contributed by atoms with E-state index in [0.717, 1.165) is 12.8 Å². The van der Waals surface area contributed by atoms with Crippen molar-refractivity contribution >= 4 is 22.9 Å². The summed E-state index contributed by atoms with van der Waals surface area (Å²) in [6, 6.07) is 0. The predicted octanol–water partition coefficient (Wildman–Crippen LogP) is 3.14. The number of hydrogen-bond acceptors (Lipinski definition) is 3. The Morgan fingerprint density at radius 1 is 1.75 bits per heavy atom. The highest BCUT2D eigenvalue weighted by atomic mass is 35.5. The third-order valence-corrected chi connectivity index (χ3v) is 2.31. The summed E-state index contributed by atoms with van der Waals surface area (Å²) in [5.74, 6) is 0. The van der Waals surface area contributed by atoms with Crippen LogP contribution in [0.5, 0.6) is 5.19 Å². The quantitative estimate of drug-likeness (QED) is 0.542. The number of thiazole rings is 1. The molecule has 0 aliphatic rings. The average molecular weight is 204 g/mol. The van der Waals surface area contributed by atoms with Crippen LogP contribution in [-0.4, -0.2) is 11.6 Å². The molecule has 1 aromatic rings. The summed E-state index contributed by atoms with van der Waals surface area (Å²) in [6.07, 6.45) is 3.82. The highest BCUT2D eigenvalue weighted by molar-refractivity contribution is 7.11. The molecule has 0 bridgehead atoms. The Hall–Kier alpha value is -0.540. The molecule has 0 spiro atoms. The van der Waals surface area contributed by atoms with Gasteiger partial charge in [0.25, 0.3) is 5.19 Å². The Morgan fingerprint density at radius 2 is 2.58 bits per heavy atom. The van der Waals surface area contributed by atoms with Gasteiger partial charge in [-0.3, -0.25) is 0 Å². The van der Waals surface area contributed by atoms with Crippen molar-refractivity contribution in [2.45, 2.75) is 12.8 Å². The minimum atomic E-state index is 0.499. The molecule has 0 amide bonds. The molecule has 0 aromatic carbocycles. The molecule has 1 heterocycles. The van der Waals surface area contributed by atoms with Gasteiger partial charge in [-0.05, 0) is 12.8 Å². The zero-order valence-corrected chi connectivity index (χ0v) is 8.20. The number of nitrogens with zero attached hydrogens (tertiary/aromatic N) is 1. The smallest absolute Gasteiger partial charge is 0.274 e. The molecule has 12 heavy (non-hydrogen) atoms. The molecule has 0 radical (unpaired) electrons. The van der Waals surface area contributed by atoms with Crippen LogP contribution in [0.15, 0.2) is 18.0 Å². The zero-order valence-electron chi connectivity index (χ0n) is 6.62. The highest BCUT2D eigenvalue weighted by Crippen LogP contribution is 2.21. The third-order valence-electron chi connectivity index (χ3n) is 1.23. The van der Waals surface area contributed by atoms with Crippen molar-refractivity contribution in [2.75, 3.05) is 6.61 Å². The minimum Gasteiger partial charge on any atom is -0.470 e. The maximum atomic E-state index is 5.60. The van der Waals surface area contributed by atoms with Crippen LogP contribution in [-0.2, 0) is 0 Å². The van der Waals surface area contributed by atoms with Gasteiger partial charge in [-0.2, -0.15) is 4.98 Å². The number of ether oxygens (including phenoxy) is 1. The van der Waals surface area contributed by atoms with Crippen LogP contribution in [0.2, 0.25) is 5.15 Å². The maximum absolute atomic E-state index is 5.60. The van der Waals surface area contributed by atoms with Crippen LogP contribution in [0.25, 0.3) is 0 Å². The van der Waals surface area contributed by atoms with E-state index in [-0.39, 0.29) is 0 Å². The predicted molar refractivity (Wildman–Crippen MR) is 52.1 cm³/mol. The van der Waals surface area contributed by atoms with Crippen LogP contribution in [0.1, 0.15) is 12.8 Å². The lowest BCUT2D eigenvalue weighted by molar-refractivity contribution is 0.310. The summed E-state index contributed by atoms with van der Waals surface area (Å²) in [5.41, 5.74) is 0. The van der Waals surface area contributed by atoms with Crippen LogP contribution in [0, 0.1) is 0 Å². The monoisotopic (exact) mass is 203 g/mol. The standard InChI is InChI=1S/C8H10ClNOS/c1-2-3-4-5-11-8-10-7(9)6-12-8/h2,6H,1,3-5H2. The molecule has 0 fully saturated rings. The van der Waals surface area contributed by atoms with Gasteiger partial charge in [0.2, 0.25) is 0 Å². The Morgan fingerprint density at radius 3 is 3.17 bits per heavy atom. The fourth-order valence-corrected chi connectivity index (χ4v) is 1.51. The number of aromatic nitrogens is 1. The van der Waals surface area contributed by atoms with Crippen LogP contribution in [0.4, 0.5) is 0 Å². The van der Waals surface area contributed by atoms with E-state index in [1.54, 1.807) is 5.38 Å². The van der Waals surface area contributed by atoms with Gasteiger partial charge in [-0.15, -0.1) is 6.58 Å². The topological polar surface area (TPSA) is 22.1 Å². The van der Waals surface area contributed by atoms with Gasteiger partial charge in [0.15, 0.2) is 0 Å². The van der Waals surface area contributed by atoms with Gasteiger partial charge in [0.05, 0.1) is 6.61 Å². The molecule has 0 unspecified atom stereocenters. The van der Waals surface area contributed by atoms with E-state index >= 15 is 0 Å². The number of halogens is 1. The summed E-state index contributed by atoms with van der Waals surface area (Å²) in [7, 11) is 0. The number of unbranched alkanes of at least 4 members (excludes halogenated alkanes) is 1. The van der Waals surface area contributed by atoms with Crippen molar-refractivity contribution in [2.24, 2.45) is 0 Å². The van der Waals surface area contributed by atoms with Crippen molar-refractivity contribution in [3.05, 3.63) is 23.2 Å². The van der Waals surface area contributed by atoms with Crippen molar-refractivity contribution in [1.29, 1.82) is 0 Å². The molecule has 0 atom stereocenters. The molecule has 66 valence electrons. The first kappa shape index (κ1) is 9.55. The number of hydrogen-bond donors (Lipinski definition) is 0. The van der Waals surface area contributed by atoms with E-state index in [1.165, 1.54) is 11.3 Å². The van der Waals surface area contributed by atoms with E-state index in [1.807, 2.05) is 6.08 Å². The maximum Gasteiger partial charge on any atom is 0.274 e. The Kier molecular flexibility index (Phi) is 4.11. The average Bonchev–Trinajstić information content (AvgIpc) is 2.45. The van der Waals surface area contributed by atoms with Gasteiger partial charge in [-0.25, -0.2) is 0 Å². The van der Waals surface area contributed by atoms with Gasteiger partial charge >= 0.3 is 0 Å². The largest absolute Gasteiger partial charge is 0.470 e. The van der Waals surface area contributed by atoms with E-state index in [0.29, 0.717) is 17.0 Å². The summed E-state index contributed by atoms with van der Waals surface area (Å²) < 4.78 is 5.30. The molecule has 4 heteroatoms. The lowest BCUT2D eigenvalue weighted by Gasteiger charge is -1.98. The first-order chi connectivity index (χ1) is 5.83. The zero-order chi connectivity index (χ0) is 8.81. The minimum absolute atomic E-state index is 0.499. The first-order valence-electron chi connectivity index (χ1n) is 3.67. The fourth-order valence-electron chi connectivity index (χ4n) is 0.692. The lowest BCUT2D eigenvalue weighted by Crippen LogP contribution is -1.95. The summed E-state index contributed by atoms with van der Waals surface area (Å²) in [5, 5.41) is 2.90. The van der Waals surface area contributed by atoms with Crippen LogP contribution >= 0.6 is 22.9 Å². The van der Waals surface area contributed by atoms with Crippen LogP contribution in [0.3, 0.4) is 0 Å². The molecule has 0 N–H and O–H groups in total.